The van der Waals surface area contributed by atoms with Gasteiger partial charge in [0.1, 0.15) is 0 Å². The van der Waals surface area contributed by atoms with Crippen LogP contribution in [0.25, 0.3) is 0 Å². The second-order valence-corrected chi connectivity index (χ2v) is 6.09. The molecule has 1 unspecified atom stereocenters. The zero-order valence-corrected chi connectivity index (χ0v) is 14.4. The molecule has 1 atom stereocenters. The Morgan fingerprint density at radius 1 is 1.28 bits per heavy atom. The lowest BCUT2D eigenvalue weighted by Crippen LogP contribution is -2.39. The lowest BCUT2D eigenvalue weighted by molar-refractivity contribution is -0.170. The largest absolute Gasteiger partial charge is 0.471 e. The van der Waals surface area contributed by atoms with Gasteiger partial charge in [-0.25, -0.2) is 4.79 Å². The van der Waals surface area contributed by atoms with E-state index in [4.69, 9.17) is 4.74 Å². The van der Waals surface area contributed by atoms with Gasteiger partial charge in [0, 0.05) is 25.3 Å². The van der Waals surface area contributed by atoms with Crippen LogP contribution in [-0.2, 0) is 9.53 Å². The van der Waals surface area contributed by atoms with Crippen LogP contribution in [-0.4, -0.2) is 44.8 Å². The van der Waals surface area contributed by atoms with Crippen molar-refractivity contribution in [3.63, 3.8) is 0 Å². The summed E-state index contributed by atoms with van der Waals surface area (Å²) < 4.78 is 42.7. The van der Waals surface area contributed by atoms with E-state index in [1.807, 2.05) is 11.8 Å². The molecular weight excluding hydrogens is 337 g/mol. The van der Waals surface area contributed by atoms with Crippen molar-refractivity contribution in [1.82, 2.24) is 0 Å². The van der Waals surface area contributed by atoms with Gasteiger partial charge >= 0.3 is 18.1 Å². The average Bonchev–Trinajstić information content (AvgIpc) is 2.59. The molecule has 1 heterocycles. The number of amides is 1. The molecule has 8 heteroatoms. The average molecular weight is 358 g/mol. The molecule has 1 amide bonds. The van der Waals surface area contributed by atoms with Crippen molar-refractivity contribution in [2.45, 2.75) is 38.4 Å². The Morgan fingerprint density at radius 3 is 2.52 bits per heavy atom. The summed E-state index contributed by atoms with van der Waals surface area (Å²) in [5, 5.41) is 0. The molecule has 1 aliphatic rings. The zero-order chi connectivity index (χ0) is 18.8. The van der Waals surface area contributed by atoms with Crippen LogP contribution in [0.15, 0.2) is 18.2 Å². The van der Waals surface area contributed by atoms with Crippen molar-refractivity contribution in [2.75, 3.05) is 30.5 Å². The summed E-state index contributed by atoms with van der Waals surface area (Å²) in [6.45, 7) is 2.79. The Balaban J connectivity index is 2.43. The quantitative estimate of drug-likeness (QED) is 0.778. The van der Waals surface area contributed by atoms with Crippen LogP contribution >= 0.6 is 0 Å². The highest BCUT2D eigenvalue weighted by molar-refractivity contribution is 6.01. The minimum atomic E-state index is -4.99. The highest BCUT2D eigenvalue weighted by Gasteiger charge is 2.42. The van der Waals surface area contributed by atoms with Crippen LogP contribution in [0.3, 0.4) is 0 Å². The fraction of sp³-hybridized carbons (Fsp3) is 0.529. The molecular formula is C17H21F3N2O3. The number of esters is 1. The zero-order valence-electron chi connectivity index (χ0n) is 14.4. The highest BCUT2D eigenvalue weighted by atomic mass is 19.4. The molecule has 0 saturated carbocycles. The molecule has 0 aliphatic carbocycles. The first-order valence-corrected chi connectivity index (χ1v) is 8.00. The predicted octanol–water partition coefficient (Wildman–Crippen LogP) is 3.38. The highest BCUT2D eigenvalue weighted by Crippen LogP contribution is 2.32. The van der Waals surface area contributed by atoms with E-state index in [0.717, 1.165) is 32.9 Å². The number of piperidine rings is 1. The molecule has 0 bridgehead atoms. The Hall–Kier alpha value is -2.25. The van der Waals surface area contributed by atoms with Gasteiger partial charge in [-0.15, -0.1) is 0 Å². The maximum Gasteiger partial charge on any atom is 0.471 e. The van der Waals surface area contributed by atoms with Gasteiger partial charge in [-0.2, -0.15) is 13.2 Å². The van der Waals surface area contributed by atoms with E-state index in [1.54, 1.807) is 6.07 Å². The van der Waals surface area contributed by atoms with Crippen molar-refractivity contribution < 1.29 is 27.5 Å². The van der Waals surface area contributed by atoms with E-state index >= 15 is 0 Å². The summed E-state index contributed by atoms with van der Waals surface area (Å²) in [5.74, 6) is -2.65. The van der Waals surface area contributed by atoms with Gasteiger partial charge in [0.15, 0.2) is 0 Å². The first-order valence-electron chi connectivity index (χ1n) is 8.00. The number of halogens is 3. The maximum atomic E-state index is 12.6. The molecule has 0 radical (unpaired) electrons. The Bertz CT molecular complexity index is 661. The number of alkyl halides is 3. The third-order valence-corrected chi connectivity index (χ3v) is 4.43. The van der Waals surface area contributed by atoms with Crippen LogP contribution < -0.4 is 9.80 Å². The normalized spacial score (nSPS) is 18.0. The van der Waals surface area contributed by atoms with E-state index in [9.17, 15) is 22.8 Å². The summed E-state index contributed by atoms with van der Waals surface area (Å²) in [6.07, 6.45) is -1.96. The molecule has 0 spiro atoms. The second kappa shape index (κ2) is 7.33. The molecule has 0 N–H and O–H groups in total. The summed E-state index contributed by atoms with van der Waals surface area (Å²) in [7, 11) is 2.23. The van der Waals surface area contributed by atoms with Gasteiger partial charge in [0.25, 0.3) is 0 Å². The van der Waals surface area contributed by atoms with Crippen LogP contribution in [0.2, 0.25) is 0 Å². The molecule has 1 saturated heterocycles. The topological polar surface area (TPSA) is 49.9 Å². The first-order chi connectivity index (χ1) is 11.7. The van der Waals surface area contributed by atoms with Gasteiger partial charge in [0.05, 0.1) is 18.4 Å². The predicted molar refractivity (Wildman–Crippen MR) is 87.9 cm³/mol. The fourth-order valence-corrected chi connectivity index (χ4v) is 3.02. The smallest absolute Gasteiger partial charge is 0.465 e. The van der Waals surface area contributed by atoms with Gasteiger partial charge in [-0.3, -0.25) is 4.79 Å². The van der Waals surface area contributed by atoms with E-state index in [0.29, 0.717) is 10.6 Å². The number of hydrogen-bond donors (Lipinski definition) is 0. The molecule has 1 aromatic carbocycles. The third-order valence-electron chi connectivity index (χ3n) is 4.43. The Labute approximate surface area is 144 Å². The minimum absolute atomic E-state index is 0.0175. The van der Waals surface area contributed by atoms with E-state index < -0.39 is 18.1 Å². The molecule has 1 aromatic rings. The molecule has 0 aromatic heterocycles. The number of rotatable bonds is 3. The molecule has 5 nitrogen and oxygen atoms in total. The van der Waals surface area contributed by atoms with Crippen LogP contribution in [0.5, 0.6) is 0 Å². The summed E-state index contributed by atoms with van der Waals surface area (Å²) in [6, 6.07) is 4.46. The number of benzene rings is 1. The lowest BCUT2D eigenvalue weighted by atomic mass is 10.0. The number of methoxy groups -OCH3 is 1. The molecule has 1 aliphatic heterocycles. The first kappa shape index (κ1) is 19.1. The van der Waals surface area contributed by atoms with E-state index in [1.165, 1.54) is 19.2 Å². The standard InChI is InChI=1S/C17H21F3N2O3/c1-11-6-4-5-9-22(11)14-8-7-12(10-13(14)15(23)25-3)21(2)16(24)17(18,19)20/h7-8,10-11H,4-6,9H2,1-3H3. The Morgan fingerprint density at radius 2 is 1.96 bits per heavy atom. The minimum Gasteiger partial charge on any atom is -0.465 e. The number of carbonyl (C=O) groups excluding carboxylic acids is 2. The van der Waals surface area contributed by atoms with E-state index in [-0.39, 0.29) is 17.3 Å². The second-order valence-electron chi connectivity index (χ2n) is 6.09. The third kappa shape index (κ3) is 4.05. The van der Waals surface area contributed by atoms with Gasteiger partial charge < -0.3 is 14.5 Å². The van der Waals surface area contributed by atoms with Gasteiger partial charge in [-0.05, 0) is 44.4 Å². The molecule has 1 fully saturated rings. The summed E-state index contributed by atoms with van der Waals surface area (Å²) >= 11 is 0. The molecule has 138 valence electrons. The van der Waals surface area contributed by atoms with Crippen molar-refractivity contribution in [3.05, 3.63) is 23.8 Å². The van der Waals surface area contributed by atoms with E-state index in [2.05, 4.69) is 0 Å². The van der Waals surface area contributed by atoms with Crippen LogP contribution in [0.4, 0.5) is 24.5 Å². The number of hydrogen-bond acceptors (Lipinski definition) is 4. The number of carbonyl (C=O) groups is 2. The maximum absolute atomic E-state index is 12.6. The lowest BCUT2D eigenvalue weighted by Gasteiger charge is -2.36. The monoisotopic (exact) mass is 358 g/mol. The van der Waals surface area contributed by atoms with Gasteiger partial charge in [0.2, 0.25) is 0 Å². The van der Waals surface area contributed by atoms with Gasteiger partial charge in [-0.1, -0.05) is 0 Å². The van der Waals surface area contributed by atoms with Crippen LogP contribution in [0.1, 0.15) is 36.5 Å². The van der Waals surface area contributed by atoms with Crippen molar-refractivity contribution in [3.8, 4) is 0 Å². The van der Waals surface area contributed by atoms with Crippen molar-refractivity contribution in [1.29, 1.82) is 0 Å². The van der Waals surface area contributed by atoms with Crippen molar-refractivity contribution >= 4 is 23.3 Å². The number of nitrogens with zero attached hydrogens (tertiary/aromatic N) is 2. The summed E-state index contributed by atoms with van der Waals surface area (Å²) in [5.41, 5.74) is 0.738. The summed E-state index contributed by atoms with van der Waals surface area (Å²) in [4.78, 5) is 26.1. The molecule has 25 heavy (non-hydrogen) atoms. The fourth-order valence-electron chi connectivity index (χ4n) is 3.02. The van der Waals surface area contributed by atoms with Crippen molar-refractivity contribution in [2.24, 2.45) is 0 Å². The number of ether oxygens (including phenoxy) is 1. The Kier molecular flexibility index (Phi) is 5.59. The SMILES string of the molecule is COC(=O)c1cc(N(C)C(=O)C(F)(F)F)ccc1N1CCCCC1C. The van der Waals surface area contributed by atoms with Crippen LogP contribution in [0, 0.1) is 0 Å². The molecule has 2 rings (SSSR count). The number of anilines is 2.